The summed E-state index contributed by atoms with van der Waals surface area (Å²) >= 11 is 6.01. The molecule has 2 rings (SSSR count). The predicted octanol–water partition coefficient (Wildman–Crippen LogP) is 3.55. The van der Waals surface area contributed by atoms with Crippen molar-refractivity contribution in [1.82, 2.24) is 9.78 Å². The van der Waals surface area contributed by atoms with Gasteiger partial charge in [0.1, 0.15) is 11.4 Å². The van der Waals surface area contributed by atoms with E-state index in [2.05, 4.69) is 5.10 Å². The number of hydrogen-bond donors (Lipinski definition) is 0. The first-order valence-corrected chi connectivity index (χ1v) is 7.24. The third kappa shape index (κ3) is 4.24. The van der Waals surface area contributed by atoms with Gasteiger partial charge in [0.15, 0.2) is 0 Å². The smallest absolute Gasteiger partial charge is 0.341 e. The Morgan fingerprint density at radius 3 is 2.73 bits per heavy atom. The van der Waals surface area contributed by atoms with E-state index in [9.17, 15) is 4.79 Å². The average Bonchev–Trinajstić information content (AvgIpc) is 2.86. The molecule has 0 spiro atoms. The van der Waals surface area contributed by atoms with Gasteiger partial charge in [-0.1, -0.05) is 11.6 Å². The molecule has 1 heterocycles. The van der Waals surface area contributed by atoms with Gasteiger partial charge >= 0.3 is 5.97 Å². The van der Waals surface area contributed by atoms with Gasteiger partial charge in [-0.05, 0) is 39.0 Å². The molecule has 0 radical (unpaired) electrons. The number of methoxy groups -OCH3 is 1. The van der Waals surface area contributed by atoms with Crippen LogP contribution in [-0.4, -0.2) is 28.5 Å². The van der Waals surface area contributed by atoms with E-state index in [0.717, 1.165) is 11.3 Å². The maximum atomic E-state index is 12.0. The van der Waals surface area contributed by atoms with Gasteiger partial charge in [0.05, 0.1) is 25.4 Å². The van der Waals surface area contributed by atoms with Crippen molar-refractivity contribution in [2.75, 3.05) is 7.11 Å². The number of ether oxygens (including phenoxy) is 2. The monoisotopic (exact) mass is 322 g/mol. The van der Waals surface area contributed by atoms with Crippen molar-refractivity contribution in [1.29, 1.82) is 0 Å². The summed E-state index contributed by atoms with van der Waals surface area (Å²) in [5, 5.41) is 4.81. The number of aromatic nitrogens is 2. The SMILES string of the molecule is COc1ccc(Cl)cc1Cn1cc(C(=O)OC(C)(C)C)cn1. The molecule has 22 heavy (non-hydrogen) atoms. The Labute approximate surface area is 134 Å². The lowest BCUT2D eigenvalue weighted by Gasteiger charge is -2.18. The molecule has 0 aliphatic rings. The molecule has 0 aliphatic heterocycles. The van der Waals surface area contributed by atoms with Crippen molar-refractivity contribution in [3.05, 3.63) is 46.7 Å². The van der Waals surface area contributed by atoms with Gasteiger partial charge in [-0.3, -0.25) is 4.68 Å². The molecule has 0 unspecified atom stereocenters. The number of carbonyl (C=O) groups excluding carboxylic acids is 1. The first kappa shape index (κ1) is 16.4. The first-order valence-electron chi connectivity index (χ1n) is 6.87. The van der Waals surface area contributed by atoms with Crippen LogP contribution in [0.4, 0.5) is 0 Å². The van der Waals surface area contributed by atoms with Crippen LogP contribution in [-0.2, 0) is 11.3 Å². The van der Waals surface area contributed by atoms with E-state index in [0.29, 0.717) is 17.1 Å². The van der Waals surface area contributed by atoms with Crippen molar-refractivity contribution in [3.8, 4) is 5.75 Å². The molecule has 2 aromatic rings. The number of benzene rings is 1. The van der Waals surface area contributed by atoms with Crippen LogP contribution < -0.4 is 4.74 Å². The molecule has 0 amide bonds. The predicted molar refractivity (Wildman–Crippen MR) is 84.5 cm³/mol. The Bertz CT molecular complexity index is 674. The molecule has 0 bridgehead atoms. The lowest BCUT2D eigenvalue weighted by Crippen LogP contribution is -2.23. The van der Waals surface area contributed by atoms with Gasteiger partial charge in [-0.25, -0.2) is 4.79 Å². The lowest BCUT2D eigenvalue weighted by molar-refractivity contribution is 0.00694. The Morgan fingerprint density at radius 1 is 1.36 bits per heavy atom. The highest BCUT2D eigenvalue weighted by Crippen LogP contribution is 2.23. The Hall–Kier alpha value is -2.01. The molecule has 0 atom stereocenters. The number of rotatable bonds is 4. The molecule has 0 saturated heterocycles. The maximum absolute atomic E-state index is 12.0. The summed E-state index contributed by atoms with van der Waals surface area (Å²) in [6.07, 6.45) is 3.14. The summed E-state index contributed by atoms with van der Waals surface area (Å²) in [4.78, 5) is 12.0. The number of carbonyl (C=O) groups is 1. The largest absolute Gasteiger partial charge is 0.496 e. The number of hydrogen-bond acceptors (Lipinski definition) is 4. The van der Waals surface area contributed by atoms with Crippen molar-refractivity contribution in [3.63, 3.8) is 0 Å². The number of halogens is 1. The third-order valence-electron chi connectivity index (χ3n) is 2.84. The molecule has 5 nitrogen and oxygen atoms in total. The van der Waals surface area contributed by atoms with Gasteiger partial charge < -0.3 is 9.47 Å². The summed E-state index contributed by atoms with van der Waals surface area (Å²) in [5.41, 5.74) is 0.764. The van der Waals surface area contributed by atoms with Gasteiger partial charge in [-0.2, -0.15) is 5.10 Å². The summed E-state index contributed by atoms with van der Waals surface area (Å²) in [7, 11) is 1.60. The first-order chi connectivity index (χ1) is 10.3. The quantitative estimate of drug-likeness (QED) is 0.808. The van der Waals surface area contributed by atoms with Crippen LogP contribution in [0.1, 0.15) is 36.7 Å². The fourth-order valence-corrected chi connectivity index (χ4v) is 2.13. The molecule has 0 saturated carbocycles. The van der Waals surface area contributed by atoms with E-state index >= 15 is 0 Å². The topological polar surface area (TPSA) is 53.4 Å². The van der Waals surface area contributed by atoms with Gasteiger partial charge in [0.2, 0.25) is 0 Å². The highest BCUT2D eigenvalue weighted by molar-refractivity contribution is 6.30. The summed E-state index contributed by atoms with van der Waals surface area (Å²) in [6.45, 7) is 5.93. The van der Waals surface area contributed by atoms with Crippen LogP contribution in [0.3, 0.4) is 0 Å². The molecule has 118 valence electrons. The highest BCUT2D eigenvalue weighted by atomic mass is 35.5. The Kier molecular flexibility index (Phi) is 4.76. The standard InChI is InChI=1S/C16H19ClN2O3/c1-16(2,3)22-15(20)12-8-18-19(10-12)9-11-7-13(17)5-6-14(11)21-4/h5-8,10H,9H2,1-4H3. The molecular formula is C16H19ClN2O3. The minimum Gasteiger partial charge on any atom is -0.496 e. The van der Waals surface area contributed by atoms with Gasteiger partial charge in [0, 0.05) is 16.8 Å². The van der Waals surface area contributed by atoms with Crippen LogP contribution in [0.25, 0.3) is 0 Å². The highest BCUT2D eigenvalue weighted by Gasteiger charge is 2.19. The van der Waals surface area contributed by atoms with E-state index in [1.54, 1.807) is 30.1 Å². The van der Waals surface area contributed by atoms with Gasteiger partial charge in [-0.15, -0.1) is 0 Å². The van der Waals surface area contributed by atoms with Crippen LogP contribution in [0.5, 0.6) is 5.75 Å². The van der Waals surface area contributed by atoms with Crippen molar-refractivity contribution < 1.29 is 14.3 Å². The molecule has 0 fully saturated rings. The zero-order valence-corrected chi connectivity index (χ0v) is 13.8. The number of esters is 1. The fourth-order valence-electron chi connectivity index (χ4n) is 1.94. The molecule has 1 aromatic heterocycles. The normalized spacial score (nSPS) is 11.3. The summed E-state index contributed by atoms with van der Waals surface area (Å²) in [5.74, 6) is 0.329. The fraction of sp³-hybridized carbons (Fsp3) is 0.375. The third-order valence-corrected chi connectivity index (χ3v) is 3.08. The Morgan fingerprint density at radius 2 is 2.09 bits per heavy atom. The van der Waals surface area contributed by atoms with Crippen LogP contribution in [0.2, 0.25) is 5.02 Å². The van der Waals surface area contributed by atoms with E-state index < -0.39 is 11.6 Å². The number of nitrogens with zero attached hydrogens (tertiary/aromatic N) is 2. The Balaban J connectivity index is 2.16. The van der Waals surface area contributed by atoms with Crippen molar-refractivity contribution in [2.45, 2.75) is 32.9 Å². The second kappa shape index (κ2) is 6.40. The van der Waals surface area contributed by atoms with Crippen LogP contribution in [0, 0.1) is 0 Å². The molecule has 0 aliphatic carbocycles. The van der Waals surface area contributed by atoms with E-state index in [-0.39, 0.29) is 0 Å². The van der Waals surface area contributed by atoms with E-state index in [4.69, 9.17) is 21.1 Å². The zero-order chi connectivity index (χ0) is 16.3. The van der Waals surface area contributed by atoms with Crippen molar-refractivity contribution in [2.24, 2.45) is 0 Å². The van der Waals surface area contributed by atoms with Gasteiger partial charge in [0.25, 0.3) is 0 Å². The zero-order valence-electron chi connectivity index (χ0n) is 13.1. The van der Waals surface area contributed by atoms with E-state index in [1.165, 1.54) is 6.20 Å². The molecule has 6 heteroatoms. The second-order valence-electron chi connectivity index (χ2n) is 5.88. The average molecular weight is 323 g/mol. The minimum absolute atomic E-state index is 0.392. The summed E-state index contributed by atoms with van der Waals surface area (Å²) < 4.78 is 12.3. The molecular weight excluding hydrogens is 304 g/mol. The molecule has 1 aromatic carbocycles. The molecule has 0 N–H and O–H groups in total. The lowest BCUT2D eigenvalue weighted by atomic mass is 10.2. The van der Waals surface area contributed by atoms with Crippen molar-refractivity contribution >= 4 is 17.6 Å². The maximum Gasteiger partial charge on any atom is 0.341 e. The van der Waals surface area contributed by atoms with Crippen LogP contribution >= 0.6 is 11.6 Å². The summed E-state index contributed by atoms with van der Waals surface area (Å²) in [6, 6.07) is 5.38. The minimum atomic E-state index is -0.532. The second-order valence-corrected chi connectivity index (χ2v) is 6.32. The van der Waals surface area contributed by atoms with Crippen LogP contribution in [0.15, 0.2) is 30.6 Å². The van der Waals surface area contributed by atoms with E-state index in [1.807, 2.05) is 26.8 Å².